The van der Waals surface area contributed by atoms with E-state index in [4.69, 9.17) is 37.7 Å². The van der Waals surface area contributed by atoms with Crippen LogP contribution in [0.2, 0.25) is 10.0 Å². The molecule has 0 bridgehead atoms. The van der Waals surface area contributed by atoms with Crippen LogP contribution in [-0.4, -0.2) is 23.0 Å². The van der Waals surface area contributed by atoms with Crippen LogP contribution in [0.1, 0.15) is 11.1 Å². The summed E-state index contributed by atoms with van der Waals surface area (Å²) in [6.45, 7) is 0.168. The lowest BCUT2D eigenvalue weighted by Gasteiger charge is -2.15. The Morgan fingerprint density at radius 3 is 2.53 bits per heavy atom. The smallest absolute Gasteiger partial charge is 0.282 e. The summed E-state index contributed by atoms with van der Waals surface area (Å²) < 4.78 is 13.8. The Morgan fingerprint density at radius 1 is 1.00 bits per heavy atom. The minimum Gasteiger partial charge on any atom is -0.493 e. The molecule has 5 rings (SSSR count). The van der Waals surface area contributed by atoms with Gasteiger partial charge in [0.15, 0.2) is 17.3 Å². The zero-order chi connectivity index (χ0) is 26.6. The highest BCUT2D eigenvalue weighted by atomic mass is 79.9. The summed E-state index contributed by atoms with van der Waals surface area (Å²) in [5.74, 6) is 1.34. The van der Waals surface area contributed by atoms with E-state index in [1.54, 1.807) is 49.7 Å². The van der Waals surface area contributed by atoms with Crippen LogP contribution in [0.15, 0.2) is 99.3 Å². The first-order valence-corrected chi connectivity index (χ1v) is 13.1. The monoisotopic (exact) mass is 607 g/mol. The molecule has 38 heavy (non-hydrogen) atoms. The summed E-state index contributed by atoms with van der Waals surface area (Å²) in [5.41, 5.74) is 2.40. The summed E-state index contributed by atoms with van der Waals surface area (Å²) in [6.07, 6.45) is 1.55. The van der Waals surface area contributed by atoms with Crippen LogP contribution in [0, 0.1) is 0 Å². The molecule has 0 unspecified atom stereocenters. The van der Waals surface area contributed by atoms with Gasteiger partial charge in [-0.1, -0.05) is 87.7 Å². The second-order valence-corrected chi connectivity index (χ2v) is 9.99. The van der Waals surface area contributed by atoms with Crippen LogP contribution in [0.3, 0.4) is 0 Å². The standard InChI is InChI=1S/C29H20BrCl2N3O3/c1-37-26-14-21(30)13-20(27(26)38-17-19-11-12-22(31)15-24(19)32)16-33-35-28(18-7-3-2-4-8-18)34-25-10-6-5-9-23(25)29(35)36/h2-16H,17H2,1H3. The van der Waals surface area contributed by atoms with Crippen molar-refractivity contribution in [2.24, 2.45) is 5.10 Å². The molecule has 190 valence electrons. The molecule has 5 aromatic rings. The van der Waals surface area contributed by atoms with E-state index in [-0.39, 0.29) is 12.2 Å². The van der Waals surface area contributed by atoms with E-state index in [2.05, 4.69) is 21.0 Å². The predicted molar refractivity (Wildman–Crippen MR) is 156 cm³/mol. The lowest BCUT2D eigenvalue weighted by atomic mass is 10.2. The molecule has 0 spiro atoms. The maximum absolute atomic E-state index is 13.5. The fraction of sp³-hybridized carbons (Fsp3) is 0.0690. The van der Waals surface area contributed by atoms with Crippen LogP contribution >= 0.6 is 39.1 Å². The summed E-state index contributed by atoms with van der Waals surface area (Å²) >= 11 is 15.9. The van der Waals surface area contributed by atoms with E-state index < -0.39 is 0 Å². The molecular weight excluding hydrogens is 589 g/mol. The number of halogens is 3. The van der Waals surface area contributed by atoms with E-state index in [0.29, 0.717) is 43.8 Å². The lowest BCUT2D eigenvalue weighted by Crippen LogP contribution is -2.20. The van der Waals surface area contributed by atoms with Crippen LogP contribution in [0.25, 0.3) is 22.3 Å². The number of benzene rings is 4. The second kappa shape index (κ2) is 11.4. The molecule has 0 aliphatic carbocycles. The molecule has 0 saturated heterocycles. The van der Waals surface area contributed by atoms with Gasteiger partial charge in [0.1, 0.15) is 6.61 Å². The van der Waals surface area contributed by atoms with Gasteiger partial charge in [0, 0.05) is 31.2 Å². The number of aromatic nitrogens is 2. The first-order valence-electron chi connectivity index (χ1n) is 11.5. The minimum absolute atomic E-state index is 0.168. The fourth-order valence-electron chi connectivity index (χ4n) is 3.90. The summed E-state index contributed by atoms with van der Waals surface area (Å²) in [5, 5.41) is 6.07. The number of hydrogen-bond acceptors (Lipinski definition) is 5. The van der Waals surface area contributed by atoms with E-state index in [9.17, 15) is 4.79 Å². The van der Waals surface area contributed by atoms with Crippen LogP contribution < -0.4 is 15.0 Å². The molecule has 6 nitrogen and oxygen atoms in total. The van der Waals surface area contributed by atoms with Crippen molar-refractivity contribution in [1.82, 2.24) is 9.66 Å². The van der Waals surface area contributed by atoms with Crippen molar-refractivity contribution >= 4 is 56.2 Å². The topological polar surface area (TPSA) is 65.7 Å². The zero-order valence-corrected chi connectivity index (χ0v) is 23.2. The van der Waals surface area contributed by atoms with E-state index in [0.717, 1.165) is 15.6 Å². The maximum Gasteiger partial charge on any atom is 0.282 e. The Hall–Kier alpha value is -3.65. The summed E-state index contributed by atoms with van der Waals surface area (Å²) in [6, 6.07) is 25.5. The number of nitrogens with zero attached hydrogens (tertiary/aromatic N) is 3. The molecule has 0 aliphatic heterocycles. The molecule has 9 heteroatoms. The van der Waals surface area contributed by atoms with Gasteiger partial charge in [-0.25, -0.2) is 4.98 Å². The minimum atomic E-state index is -0.289. The van der Waals surface area contributed by atoms with Crippen molar-refractivity contribution in [3.05, 3.63) is 121 Å². The molecule has 0 amide bonds. The number of methoxy groups -OCH3 is 1. The van der Waals surface area contributed by atoms with Crippen LogP contribution in [-0.2, 0) is 6.61 Å². The molecule has 0 fully saturated rings. The van der Waals surface area contributed by atoms with Gasteiger partial charge in [-0.2, -0.15) is 9.78 Å². The zero-order valence-electron chi connectivity index (χ0n) is 20.1. The van der Waals surface area contributed by atoms with E-state index in [1.807, 2.05) is 48.5 Å². The highest BCUT2D eigenvalue weighted by Gasteiger charge is 2.15. The van der Waals surface area contributed by atoms with Gasteiger partial charge in [-0.15, -0.1) is 0 Å². The Kier molecular flexibility index (Phi) is 7.79. The third kappa shape index (κ3) is 5.45. The second-order valence-electron chi connectivity index (χ2n) is 8.23. The van der Waals surface area contributed by atoms with Crippen molar-refractivity contribution in [1.29, 1.82) is 0 Å². The Morgan fingerprint density at radius 2 is 1.76 bits per heavy atom. The summed E-state index contributed by atoms with van der Waals surface area (Å²) in [4.78, 5) is 18.3. The van der Waals surface area contributed by atoms with E-state index in [1.165, 1.54) is 4.68 Å². The lowest BCUT2D eigenvalue weighted by molar-refractivity contribution is 0.284. The molecule has 0 atom stereocenters. The fourth-order valence-corrected chi connectivity index (χ4v) is 4.82. The third-order valence-corrected chi connectivity index (χ3v) is 6.80. The van der Waals surface area contributed by atoms with Gasteiger partial charge in [0.05, 0.1) is 24.2 Å². The van der Waals surface area contributed by atoms with Crippen molar-refractivity contribution in [3.8, 4) is 22.9 Å². The van der Waals surface area contributed by atoms with Gasteiger partial charge < -0.3 is 9.47 Å². The molecule has 0 saturated carbocycles. The van der Waals surface area contributed by atoms with Gasteiger partial charge in [-0.05, 0) is 36.4 Å². The Labute approximate surface area is 237 Å². The molecule has 0 aliphatic rings. The number of para-hydroxylation sites is 1. The number of fused-ring (bicyclic) bond motifs is 1. The third-order valence-electron chi connectivity index (χ3n) is 5.75. The predicted octanol–water partition coefficient (Wildman–Crippen LogP) is 7.60. The average molecular weight is 609 g/mol. The normalized spacial score (nSPS) is 11.3. The highest BCUT2D eigenvalue weighted by Crippen LogP contribution is 2.35. The maximum atomic E-state index is 13.5. The highest BCUT2D eigenvalue weighted by molar-refractivity contribution is 9.10. The first kappa shape index (κ1) is 26.0. The Bertz CT molecular complexity index is 1720. The van der Waals surface area contributed by atoms with Gasteiger partial charge in [0.2, 0.25) is 0 Å². The average Bonchev–Trinajstić information content (AvgIpc) is 2.93. The molecule has 0 radical (unpaired) electrons. The van der Waals surface area contributed by atoms with Crippen molar-refractivity contribution < 1.29 is 9.47 Å². The molecule has 1 aromatic heterocycles. The van der Waals surface area contributed by atoms with Gasteiger partial charge >= 0.3 is 0 Å². The van der Waals surface area contributed by atoms with Crippen LogP contribution in [0.5, 0.6) is 11.5 Å². The first-order chi connectivity index (χ1) is 18.4. The van der Waals surface area contributed by atoms with Gasteiger partial charge in [0.25, 0.3) is 5.56 Å². The van der Waals surface area contributed by atoms with Crippen molar-refractivity contribution in [2.75, 3.05) is 7.11 Å². The molecule has 1 heterocycles. The summed E-state index contributed by atoms with van der Waals surface area (Å²) in [7, 11) is 1.55. The molecule has 4 aromatic carbocycles. The molecule has 0 N–H and O–H groups in total. The number of rotatable bonds is 7. The van der Waals surface area contributed by atoms with Crippen molar-refractivity contribution in [2.45, 2.75) is 6.61 Å². The SMILES string of the molecule is COc1cc(Br)cc(C=Nn2c(-c3ccccc3)nc3ccccc3c2=O)c1OCc1ccc(Cl)cc1Cl. The van der Waals surface area contributed by atoms with Gasteiger partial charge in [-0.3, -0.25) is 4.79 Å². The van der Waals surface area contributed by atoms with E-state index >= 15 is 0 Å². The quantitative estimate of drug-likeness (QED) is 0.178. The number of ether oxygens (including phenoxy) is 2. The number of hydrogen-bond donors (Lipinski definition) is 0. The van der Waals surface area contributed by atoms with Crippen LogP contribution in [0.4, 0.5) is 0 Å². The van der Waals surface area contributed by atoms with Crippen molar-refractivity contribution in [3.63, 3.8) is 0 Å². The Balaban J connectivity index is 1.61. The largest absolute Gasteiger partial charge is 0.493 e. The molecular formula is C29H20BrCl2N3O3.